The van der Waals surface area contributed by atoms with Crippen molar-refractivity contribution in [2.24, 2.45) is 0 Å². The summed E-state index contributed by atoms with van der Waals surface area (Å²) in [6.45, 7) is 2.97. The minimum atomic E-state index is -4.71. The van der Waals surface area contributed by atoms with Gasteiger partial charge in [-0.2, -0.15) is 0 Å². The van der Waals surface area contributed by atoms with E-state index in [-0.39, 0.29) is 30.2 Å². The SMILES string of the molecule is CC1NCCCC1NC(=O)Cc1ccc(OC(F)(F)F)cc1. The fourth-order valence-corrected chi connectivity index (χ4v) is 2.49. The number of piperidine rings is 1. The van der Waals surface area contributed by atoms with Gasteiger partial charge in [0.05, 0.1) is 6.42 Å². The first-order valence-corrected chi connectivity index (χ1v) is 7.21. The van der Waals surface area contributed by atoms with Crippen LogP contribution in [0.4, 0.5) is 13.2 Å². The average Bonchev–Trinajstić information content (AvgIpc) is 2.42. The Morgan fingerprint density at radius 2 is 2.05 bits per heavy atom. The molecule has 1 fully saturated rings. The zero-order valence-corrected chi connectivity index (χ0v) is 12.2. The van der Waals surface area contributed by atoms with E-state index in [0.29, 0.717) is 5.56 Å². The molecule has 2 N–H and O–H groups in total. The number of hydrogen-bond donors (Lipinski definition) is 2. The second-order valence-electron chi connectivity index (χ2n) is 5.43. The monoisotopic (exact) mass is 316 g/mol. The minimum Gasteiger partial charge on any atom is -0.406 e. The first kappa shape index (κ1) is 16.6. The lowest BCUT2D eigenvalue weighted by Gasteiger charge is -2.30. The van der Waals surface area contributed by atoms with Crippen molar-refractivity contribution in [1.82, 2.24) is 10.6 Å². The van der Waals surface area contributed by atoms with Crippen LogP contribution in [0.1, 0.15) is 25.3 Å². The van der Waals surface area contributed by atoms with Gasteiger partial charge in [-0.15, -0.1) is 13.2 Å². The smallest absolute Gasteiger partial charge is 0.406 e. The normalized spacial score (nSPS) is 22.2. The second-order valence-corrected chi connectivity index (χ2v) is 5.43. The molecule has 2 atom stereocenters. The highest BCUT2D eigenvalue weighted by Crippen LogP contribution is 2.22. The van der Waals surface area contributed by atoms with Crippen LogP contribution in [0.2, 0.25) is 0 Å². The van der Waals surface area contributed by atoms with E-state index >= 15 is 0 Å². The maximum Gasteiger partial charge on any atom is 0.573 e. The van der Waals surface area contributed by atoms with Gasteiger partial charge in [-0.25, -0.2) is 0 Å². The Morgan fingerprint density at radius 1 is 1.36 bits per heavy atom. The van der Waals surface area contributed by atoms with E-state index in [1.807, 2.05) is 6.92 Å². The molecule has 4 nitrogen and oxygen atoms in total. The molecule has 0 aliphatic carbocycles. The lowest BCUT2D eigenvalue weighted by Crippen LogP contribution is -2.52. The minimum absolute atomic E-state index is 0.0917. The Labute approximate surface area is 127 Å². The van der Waals surface area contributed by atoms with Gasteiger partial charge >= 0.3 is 6.36 Å². The fraction of sp³-hybridized carbons (Fsp3) is 0.533. The van der Waals surface area contributed by atoms with Gasteiger partial charge in [0.2, 0.25) is 5.91 Å². The molecule has 2 rings (SSSR count). The highest BCUT2D eigenvalue weighted by atomic mass is 19.4. The highest BCUT2D eigenvalue weighted by molar-refractivity contribution is 5.79. The maximum absolute atomic E-state index is 12.1. The van der Waals surface area contributed by atoms with Gasteiger partial charge in [-0.05, 0) is 44.0 Å². The summed E-state index contributed by atoms with van der Waals surface area (Å²) in [5.74, 6) is -0.424. The van der Waals surface area contributed by atoms with Gasteiger partial charge in [0.1, 0.15) is 5.75 Å². The molecule has 1 aliphatic rings. The molecule has 1 saturated heterocycles. The third-order valence-corrected chi connectivity index (χ3v) is 3.63. The number of carbonyl (C=O) groups excluding carboxylic acids is 1. The van der Waals surface area contributed by atoms with E-state index in [1.165, 1.54) is 24.3 Å². The molecule has 1 aliphatic heterocycles. The summed E-state index contributed by atoms with van der Waals surface area (Å²) in [6, 6.07) is 5.66. The van der Waals surface area contributed by atoms with Gasteiger partial charge in [0.25, 0.3) is 0 Å². The summed E-state index contributed by atoms with van der Waals surface area (Å²) in [5, 5.41) is 6.25. The fourth-order valence-electron chi connectivity index (χ4n) is 2.49. The first-order valence-electron chi connectivity index (χ1n) is 7.21. The van der Waals surface area contributed by atoms with Crippen molar-refractivity contribution in [3.05, 3.63) is 29.8 Å². The van der Waals surface area contributed by atoms with Crippen LogP contribution in [0.5, 0.6) is 5.75 Å². The lowest BCUT2D eigenvalue weighted by molar-refractivity contribution is -0.274. The van der Waals surface area contributed by atoms with Gasteiger partial charge in [0, 0.05) is 12.1 Å². The van der Waals surface area contributed by atoms with E-state index in [9.17, 15) is 18.0 Å². The molecule has 7 heteroatoms. The predicted octanol–water partition coefficient (Wildman–Crippen LogP) is 2.38. The van der Waals surface area contributed by atoms with Crippen LogP contribution in [0.25, 0.3) is 0 Å². The highest BCUT2D eigenvalue weighted by Gasteiger charge is 2.31. The Morgan fingerprint density at radius 3 is 2.64 bits per heavy atom. The van der Waals surface area contributed by atoms with Crippen LogP contribution in [-0.2, 0) is 11.2 Å². The third-order valence-electron chi connectivity index (χ3n) is 3.63. The van der Waals surface area contributed by atoms with E-state index in [1.54, 1.807) is 0 Å². The lowest BCUT2D eigenvalue weighted by atomic mass is 9.99. The van der Waals surface area contributed by atoms with Crippen molar-refractivity contribution in [2.45, 2.75) is 44.6 Å². The van der Waals surface area contributed by atoms with Gasteiger partial charge in [-0.3, -0.25) is 4.79 Å². The van der Waals surface area contributed by atoms with Crippen molar-refractivity contribution in [3.8, 4) is 5.75 Å². The molecule has 0 aromatic heterocycles. The predicted molar refractivity (Wildman–Crippen MR) is 75.5 cm³/mol. The van der Waals surface area contributed by atoms with E-state index in [0.717, 1.165) is 19.4 Å². The van der Waals surface area contributed by atoms with Crippen LogP contribution < -0.4 is 15.4 Å². The maximum atomic E-state index is 12.1. The largest absolute Gasteiger partial charge is 0.573 e. The summed E-state index contributed by atoms with van der Waals surface area (Å²) in [6.07, 6.45) is -2.63. The quantitative estimate of drug-likeness (QED) is 0.897. The zero-order valence-electron chi connectivity index (χ0n) is 12.2. The Bertz CT molecular complexity index is 503. The number of benzene rings is 1. The summed E-state index contributed by atoms with van der Waals surface area (Å²) in [4.78, 5) is 12.0. The van der Waals surface area contributed by atoms with E-state index < -0.39 is 6.36 Å². The number of ether oxygens (including phenoxy) is 1. The summed E-state index contributed by atoms with van der Waals surface area (Å²) in [7, 11) is 0. The van der Waals surface area contributed by atoms with Crippen LogP contribution in [0, 0.1) is 0 Å². The Hall–Kier alpha value is -1.76. The molecule has 1 aromatic rings. The number of carbonyl (C=O) groups is 1. The van der Waals surface area contributed by atoms with E-state index in [2.05, 4.69) is 15.4 Å². The Kier molecular flexibility index (Phi) is 5.28. The topological polar surface area (TPSA) is 50.4 Å². The number of alkyl halides is 3. The Balaban J connectivity index is 1.86. The van der Waals surface area contributed by atoms with Gasteiger partial charge in [-0.1, -0.05) is 12.1 Å². The molecule has 1 amide bonds. The molecular weight excluding hydrogens is 297 g/mol. The van der Waals surface area contributed by atoms with E-state index in [4.69, 9.17) is 0 Å². The summed E-state index contributed by atoms with van der Waals surface area (Å²) >= 11 is 0. The van der Waals surface area contributed by atoms with Crippen LogP contribution in [0.3, 0.4) is 0 Å². The molecule has 1 aromatic carbocycles. The molecule has 0 radical (unpaired) electrons. The first-order chi connectivity index (χ1) is 10.3. The zero-order chi connectivity index (χ0) is 16.2. The number of amides is 1. The second kappa shape index (κ2) is 7.00. The molecule has 0 bridgehead atoms. The molecule has 122 valence electrons. The molecule has 0 spiro atoms. The molecular formula is C15H19F3N2O2. The number of rotatable bonds is 4. The molecule has 1 heterocycles. The molecule has 22 heavy (non-hydrogen) atoms. The van der Waals surface area contributed by atoms with Crippen molar-refractivity contribution in [2.75, 3.05) is 6.54 Å². The molecule has 0 saturated carbocycles. The molecule has 2 unspecified atom stereocenters. The van der Waals surface area contributed by atoms with Crippen molar-refractivity contribution in [1.29, 1.82) is 0 Å². The standard InChI is InChI=1S/C15H19F3N2O2/c1-10-13(3-2-8-19-10)20-14(21)9-11-4-6-12(7-5-11)22-15(16,17)18/h4-7,10,13,19H,2-3,8-9H2,1H3,(H,20,21). The summed E-state index contributed by atoms with van der Waals surface area (Å²) < 4.78 is 40.0. The number of nitrogens with one attached hydrogen (secondary N) is 2. The van der Waals surface area contributed by atoms with Crippen molar-refractivity contribution >= 4 is 5.91 Å². The van der Waals surface area contributed by atoms with Crippen LogP contribution >= 0.6 is 0 Å². The third kappa shape index (κ3) is 5.22. The van der Waals surface area contributed by atoms with Crippen LogP contribution in [0.15, 0.2) is 24.3 Å². The van der Waals surface area contributed by atoms with Crippen molar-refractivity contribution < 1.29 is 22.7 Å². The van der Waals surface area contributed by atoms with Gasteiger partial charge < -0.3 is 15.4 Å². The average molecular weight is 316 g/mol. The van der Waals surface area contributed by atoms with Gasteiger partial charge in [0.15, 0.2) is 0 Å². The summed E-state index contributed by atoms with van der Waals surface area (Å²) in [5.41, 5.74) is 0.642. The van der Waals surface area contributed by atoms with Crippen LogP contribution in [-0.4, -0.2) is 30.9 Å². The number of hydrogen-bond acceptors (Lipinski definition) is 3. The number of halogens is 3. The van der Waals surface area contributed by atoms with Crippen molar-refractivity contribution in [3.63, 3.8) is 0 Å².